The first-order chi connectivity index (χ1) is 8.24. The fourth-order valence-corrected chi connectivity index (χ4v) is 1.60. The van der Waals surface area contributed by atoms with Gasteiger partial charge in [0.05, 0.1) is 6.54 Å². The third kappa shape index (κ3) is 3.53. The Hall–Kier alpha value is -1.94. The van der Waals surface area contributed by atoms with Crippen LogP contribution in [0.3, 0.4) is 0 Å². The Kier molecular flexibility index (Phi) is 3.67. The van der Waals surface area contributed by atoms with Crippen molar-refractivity contribution in [3.63, 3.8) is 0 Å². The second-order valence-corrected chi connectivity index (χ2v) is 3.90. The summed E-state index contributed by atoms with van der Waals surface area (Å²) in [6.45, 7) is 1.53. The number of hydrogen-bond donors (Lipinski definition) is 3. The maximum atomic E-state index is 9.14. The van der Waals surface area contributed by atoms with E-state index >= 15 is 0 Å². The molecule has 4 heteroatoms. The molecule has 0 amide bonds. The van der Waals surface area contributed by atoms with Gasteiger partial charge in [0.1, 0.15) is 11.5 Å². The van der Waals surface area contributed by atoms with Crippen LogP contribution in [-0.4, -0.2) is 11.7 Å². The summed E-state index contributed by atoms with van der Waals surface area (Å²) in [6, 6.07) is 10.8. The van der Waals surface area contributed by atoms with Crippen molar-refractivity contribution in [2.75, 3.05) is 12.3 Å². The zero-order valence-corrected chi connectivity index (χ0v) is 9.52. The number of furan rings is 1. The highest BCUT2D eigenvalue weighted by molar-refractivity contribution is 5.26. The number of benzene rings is 1. The lowest BCUT2D eigenvalue weighted by Gasteiger charge is -2.03. The molecule has 0 aliphatic rings. The van der Waals surface area contributed by atoms with Crippen molar-refractivity contribution < 1.29 is 9.52 Å². The molecule has 1 aromatic heterocycles. The standard InChI is InChI=1S/C13H16N2O2/c14-13-6-5-12(17-13)9-15-8-7-10-1-3-11(16)4-2-10/h1-6,15-16H,7-9,14H2. The van der Waals surface area contributed by atoms with E-state index in [2.05, 4.69) is 5.32 Å². The molecule has 0 bridgehead atoms. The number of nitrogens with one attached hydrogen (secondary N) is 1. The van der Waals surface area contributed by atoms with E-state index in [1.54, 1.807) is 18.2 Å². The molecular formula is C13H16N2O2. The van der Waals surface area contributed by atoms with Crippen LogP contribution in [-0.2, 0) is 13.0 Å². The number of nitrogen functional groups attached to an aromatic ring is 1. The number of rotatable bonds is 5. The van der Waals surface area contributed by atoms with E-state index in [1.165, 1.54) is 5.56 Å². The molecule has 0 saturated carbocycles. The van der Waals surface area contributed by atoms with Crippen molar-refractivity contribution in [2.24, 2.45) is 0 Å². The van der Waals surface area contributed by atoms with Crippen molar-refractivity contribution in [1.29, 1.82) is 0 Å². The predicted octanol–water partition coefficient (Wildman–Crippen LogP) is 1.90. The minimum Gasteiger partial charge on any atom is -0.508 e. The summed E-state index contributed by atoms with van der Waals surface area (Å²) in [6.07, 6.45) is 0.913. The van der Waals surface area contributed by atoms with E-state index in [0.29, 0.717) is 18.2 Å². The molecule has 4 nitrogen and oxygen atoms in total. The lowest BCUT2D eigenvalue weighted by atomic mass is 10.1. The quantitative estimate of drug-likeness (QED) is 0.688. The maximum Gasteiger partial charge on any atom is 0.190 e. The molecule has 1 aromatic carbocycles. The molecule has 17 heavy (non-hydrogen) atoms. The van der Waals surface area contributed by atoms with Gasteiger partial charge in [0, 0.05) is 6.07 Å². The van der Waals surface area contributed by atoms with Gasteiger partial charge < -0.3 is 20.6 Å². The van der Waals surface area contributed by atoms with Gasteiger partial charge in [0.15, 0.2) is 5.88 Å². The molecule has 0 spiro atoms. The van der Waals surface area contributed by atoms with E-state index in [0.717, 1.165) is 18.7 Å². The Morgan fingerprint density at radius 1 is 1.12 bits per heavy atom. The average Bonchev–Trinajstić information content (AvgIpc) is 2.73. The van der Waals surface area contributed by atoms with Gasteiger partial charge in [0.2, 0.25) is 0 Å². The molecule has 0 unspecified atom stereocenters. The second-order valence-electron chi connectivity index (χ2n) is 3.90. The van der Waals surface area contributed by atoms with Gasteiger partial charge in [-0.2, -0.15) is 0 Å². The zero-order valence-electron chi connectivity index (χ0n) is 9.52. The zero-order chi connectivity index (χ0) is 12.1. The van der Waals surface area contributed by atoms with E-state index in [-0.39, 0.29) is 0 Å². The number of anilines is 1. The molecule has 1 heterocycles. The first-order valence-electron chi connectivity index (χ1n) is 5.57. The van der Waals surface area contributed by atoms with Crippen LogP contribution in [0.1, 0.15) is 11.3 Å². The molecule has 0 atom stereocenters. The van der Waals surface area contributed by atoms with Crippen LogP contribution in [0.5, 0.6) is 5.75 Å². The lowest BCUT2D eigenvalue weighted by molar-refractivity contribution is 0.475. The van der Waals surface area contributed by atoms with E-state index in [9.17, 15) is 0 Å². The van der Waals surface area contributed by atoms with Gasteiger partial charge >= 0.3 is 0 Å². The molecule has 90 valence electrons. The Morgan fingerprint density at radius 2 is 1.88 bits per heavy atom. The van der Waals surface area contributed by atoms with Crippen LogP contribution >= 0.6 is 0 Å². The van der Waals surface area contributed by atoms with Crippen LogP contribution < -0.4 is 11.1 Å². The predicted molar refractivity (Wildman–Crippen MR) is 66.6 cm³/mol. The summed E-state index contributed by atoms with van der Waals surface area (Å²) in [5, 5.41) is 12.4. The van der Waals surface area contributed by atoms with Gasteiger partial charge in [-0.05, 0) is 36.7 Å². The van der Waals surface area contributed by atoms with Crippen LogP contribution in [0, 0.1) is 0 Å². The van der Waals surface area contributed by atoms with Gasteiger partial charge in [-0.15, -0.1) is 0 Å². The Labute approximate surface area is 100 Å². The van der Waals surface area contributed by atoms with E-state index in [1.807, 2.05) is 18.2 Å². The minimum atomic E-state index is 0.299. The lowest BCUT2D eigenvalue weighted by Crippen LogP contribution is -2.16. The molecule has 2 rings (SSSR count). The van der Waals surface area contributed by atoms with Crippen LogP contribution in [0.2, 0.25) is 0 Å². The van der Waals surface area contributed by atoms with Crippen LogP contribution in [0.25, 0.3) is 0 Å². The summed E-state index contributed by atoms with van der Waals surface area (Å²) < 4.78 is 5.23. The Morgan fingerprint density at radius 3 is 2.53 bits per heavy atom. The summed E-state index contributed by atoms with van der Waals surface area (Å²) in [5.74, 6) is 1.58. The normalized spacial score (nSPS) is 10.6. The summed E-state index contributed by atoms with van der Waals surface area (Å²) in [7, 11) is 0. The molecule has 0 aliphatic carbocycles. The number of aromatic hydroxyl groups is 1. The summed E-state index contributed by atoms with van der Waals surface area (Å²) >= 11 is 0. The third-order valence-corrected chi connectivity index (χ3v) is 2.51. The molecular weight excluding hydrogens is 216 g/mol. The third-order valence-electron chi connectivity index (χ3n) is 2.51. The van der Waals surface area contributed by atoms with Crippen LogP contribution in [0.4, 0.5) is 5.88 Å². The Balaban J connectivity index is 1.71. The molecule has 0 fully saturated rings. The molecule has 0 saturated heterocycles. The molecule has 2 aromatic rings. The summed E-state index contributed by atoms with van der Waals surface area (Å²) in [4.78, 5) is 0. The number of hydrogen-bond acceptors (Lipinski definition) is 4. The minimum absolute atomic E-state index is 0.299. The van der Waals surface area contributed by atoms with Crippen molar-refractivity contribution >= 4 is 5.88 Å². The molecule has 0 aliphatic heterocycles. The second kappa shape index (κ2) is 5.41. The number of nitrogens with two attached hydrogens (primary N) is 1. The highest BCUT2D eigenvalue weighted by Crippen LogP contribution is 2.10. The van der Waals surface area contributed by atoms with Gasteiger partial charge in [0.25, 0.3) is 0 Å². The van der Waals surface area contributed by atoms with Crippen LogP contribution in [0.15, 0.2) is 40.8 Å². The fourth-order valence-electron chi connectivity index (χ4n) is 1.60. The van der Waals surface area contributed by atoms with Gasteiger partial charge in [-0.1, -0.05) is 12.1 Å². The van der Waals surface area contributed by atoms with Gasteiger partial charge in [-0.3, -0.25) is 0 Å². The van der Waals surface area contributed by atoms with Crippen molar-refractivity contribution in [1.82, 2.24) is 5.32 Å². The topological polar surface area (TPSA) is 71.4 Å². The van der Waals surface area contributed by atoms with Gasteiger partial charge in [-0.25, -0.2) is 0 Å². The maximum absolute atomic E-state index is 9.14. The number of phenolic OH excluding ortho intramolecular Hbond substituents is 1. The molecule has 4 N–H and O–H groups in total. The van der Waals surface area contributed by atoms with Crippen molar-refractivity contribution in [3.8, 4) is 5.75 Å². The largest absolute Gasteiger partial charge is 0.508 e. The first kappa shape index (κ1) is 11.5. The average molecular weight is 232 g/mol. The Bertz CT molecular complexity index is 463. The smallest absolute Gasteiger partial charge is 0.190 e. The highest BCUT2D eigenvalue weighted by Gasteiger charge is 1.98. The SMILES string of the molecule is Nc1ccc(CNCCc2ccc(O)cc2)o1. The molecule has 0 radical (unpaired) electrons. The monoisotopic (exact) mass is 232 g/mol. The van der Waals surface area contributed by atoms with E-state index in [4.69, 9.17) is 15.3 Å². The van der Waals surface area contributed by atoms with Crippen molar-refractivity contribution in [2.45, 2.75) is 13.0 Å². The summed E-state index contributed by atoms with van der Waals surface area (Å²) in [5.41, 5.74) is 6.66. The highest BCUT2D eigenvalue weighted by atomic mass is 16.4. The van der Waals surface area contributed by atoms with Crippen molar-refractivity contribution in [3.05, 3.63) is 47.7 Å². The number of phenols is 1. The fraction of sp³-hybridized carbons (Fsp3) is 0.231. The first-order valence-corrected chi connectivity index (χ1v) is 5.57. The van der Waals surface area contributed by atoms with E-state index < -0.39 is 0 Å².